The second kappa shape index (κ2) is 9.80. The first-order valence-electron chi connectivity index (χ1n) is 14.3. The van der Waals surface area contributed by atoms with Crippen LogP contribution in [0.5, 0.6) is 0 Å². The second-order valence-electron chi connectivity index (χ2n) is 11.9. The predicted molar refractivity (Wildman–Crippen MR) is 171 cm³/mol. The van der Waals surface area contributed by atoms with Crippen LogP contribution in [0.2, 0.25) is 0 Å². The van der Waals surface area contributed by atoms with E-state index in [1.807, 2.05) is 35.0 Å². The Labute approximate surface area is 246 Å². The molecule has 7 rings (SSSR count). The van der Waals surface area contributed by atoms with Crippen LogP contribution in [0.1, 0.15) is 54.8 Å². The summed E-state index contributed by atoms with van der Waals surface area (Å²) in [6, 6.07) is 31.2. The van der Waals surface area contributed by atoms with Crippen LogP contribution < -0.4 is 10.2 Å². The summed E-state index contributed by atoms with van der Waals surface area (Å²) in [4.78, 5) is 17.3. The molecule has 0 saturated heterocycles. The highest BCUT2D eigenvalue weighted by atomic mass is 15.4. The van der Waals surface area contributed by atoms with Gasteiger partial charge in [-0.1, -0.05) is 75.4 Å². The van der Waals surface area contributed by atoms with Crippen LogP contribution >= 0.6 is 0 Å². The SMILES string of the molecule is Cc1cccc(NC2=Nc3ccccc3N3C2=Nc2c(c(C)nn2-c2ccccn2)[C@H]3c2ccc(C(C)(C)C)cc2)c1. The highest BCUT2D eigenvalue weighted by Crippen LogP contribution is 2.48. The number of benzene rings is 3. The monoisotopic (exact) mass is 551 g/mol. The van der Waals surface area contributed by atoms with E-state index in [9.17, 15) is 0 Å². The number of para-hydroxylation sites is 2. The molecule has 0 radical (unpaired) electrons. The van der Waals surface area contributed by atoms with Gasteiger partial charge in [0.05, 0.1) is 23.1 Å². The number of aryl methyl sites for hydroxylation is 2. The number of nitrogens with one attached hydrogen (secondary N) is 1. The van der Waals surface area contributed by atoms with Crippen LogP contribution in [0.3, 0.4) is 0 Å². The molecule has 0 unspecified atom stereocenters. The summed E-state index contributed by atoms with van der Waals surface area (Å²) >= 11 is 0. The molecule has 3 aromatic carbocycles. The van der Waals surface area contributed by atoms with E-state index in [1.54, 1.807) is 6.20 Å². The lowest BCUT2D eigenvalue weighted by molar-refractivity contribution is 0.589. The van der Waals surface area contributed by atoms with Crippen molar-refractivity contribution >= 4 is 34.6 Å². The highest BCUT2D eigenvalue weighted by molar-refractivity contribution is 6.51. The zero-order valence-corrected chi connectivity index (χ0v) is 24.5. The Kier molecular flexibility index (Phi) is 6.04. The molecule has 7 nitrogen and oxygen atoms in total. The lowest BCUT2D eigenvalue weighted by Gasteiger charge is -2.40. The summed E-state index contributed by atoms with van der Waals surface area (Å²) in [5.41, 5.74) is 8.50. The molecule has 2 aliphatic heterocycles. The van der Waals surface area contributed by atoms with Gasteiger partial charge < -0.3 is 10.2 Å². The number of anilines is 2. The van der Waals surface area contributed by atoms with E-state index < -0.39 is 0 Å². The second-order valence-corrected chi connectivity index (χ2v) is 11.9. The summed E-state index contributed by atoms with van der Waals surface area (Å²) in [7, 11) is 0. The Morgan fingerprint density at radius 1 is 0.810 bits per heavy atom. The number of hydrogen-bond donors (Lipinski definition) is 1. The van der Waals surface area contributed by atoms with E-state index in [1.165, 1.54) is 11.1 Å². The summed E-state index contributed by atoms with van der Waals surface area (Å²) < 4.78 is 1.86. The molecule has 42 heavy (non-hydrogen) atoms. The molecule has 7 heteroatoms. The number of aliphatic imine (C=N–C) groups is 2. The van der Waals surface area contributed by atoms with E-state index in [-0.39, 0.29) is 11.5 Å². The van der Waals surface area contributed by atoms with Crippen LogP contribution in [-0.4, -0.2) is 26.4 Å². The Morgan fingerprint density at radius 3 is 2.33 bits per heavy atom. The van der Waals surface area contributed by atoms with Gasteiger partial charge in [-0.3, -0.25) is 0 Å². The standard InChI is InChI=1S/C35H33N7/c1-22-11-10-12-26(21-22)37-32-34-39-33-30(23(2)40-42(33)29-15-8-9-20-36-29)31(24-16-18-25(19-17-24)35(3,4)5)41(34)28-14-7-6-13-27(28)38-32/h6-21,31H,1-5H3,(H,37,38)/t31-/m1/s1. The molecule has 0 aliphatic carbocycles. The molecule has 1 atom stereocenters. The number of rotatable bonds is 3. The minimum absolute atomic E-state index is 0.0535. The zero-order chi connectivity index (χ0) is 29.0. The molecular weight excluding hydrogens is 518 g/mol. The average Bonchev–Trinajstić information content (AvgIpc) is 3.32. The first kappa shape index (κ1) is 25.9. The van der Waals surface area contributed by atoms with E-state index in [0.717, 1.165) is 51.4 Å². The van der Waals surface area contributed by atoms with Gasteiger partial charge in [0, 0.05) is 17.4 Å². The molecule has 208 valence electrons. The average molecular weight is 552 g/mol. The zero-order valence-electron chi connectivity index (χ0n) is 24.5. The van der Waals surface area contributed by atoms with Crippen molar-refractivity contribution in [3.63, 3.8) is 0 Å². The van der Waals surface area contributed by atoms with Crippen molar-refractivity contribution < 1.29 is 0 Å². The van der Waals surface area contributed by atoms with Gasteiger partial charge >= 0.3 is 0 Å². The van der Waals surface area contributed by atoms with Gasteiger partial charge in [-0.2, -0.15) is 9.78 Å². The van der Waals surface area contributed by atoms with Crippen molar-refractivity contribution in [3.05, 3.63) is 125 Å². The molecule has 0 bridgehead atoms. The van der Waals surface area contributed by atoms with Crippen molar-refractivity contribution in [1.82, 2.24) is 14.8 Å². The predicted octanol–water partition coefficient (Wildman–Crippen LogP) is 7.98. The van der Waals surface area contributed by atoms with E-state index >= 15 is 0 Å². The van der Waals surface area contributed by atoms with E-state index in [2.05, 4.69) is 110 Å². The molecular formula is C35H33N7. The number of fused-ring (bicyclic) bond motifs is 4. The minimum Gasteiger partial charge on any atom is -0.337 e. The fraction of sp³-hybridized carbons (Fsp3) is 0.200. The number of pyridine rings is 1. The van der Waals surface area contributed by atoms with Gasteiger partial charge in [0.2, 0.25) is 0 Å². The van der Waals surface area contributed by atoms with Gasteiger partial charge in [-0.05, 0) is 72.4 Å². The molecule has 5 aromatic rings. The first-order valence-corrected chi connectivity index (χ1v) is 14.3. The molecule has 1 N–H and O–H groups in total. The molecule has 2 aromatic heterocycles. The van der Waals surface area contributed by atoms with Gasteiger partial charge in [0.1, 0.15) is 0 Å². The van der Waals surface area contributed by atoms with Crippen LogP contribution in [-0.2, 0) is 5.41 Å². The fourth-order valence-electron chi connectivity index (χ4n) is 5.78. The smallest absolute Gasteiger partial charge is 0.179 e. The van der Waals surface area contributed by atoms with Crippen molar-refractivity contribution in [3.8, 4) is 5.82 Å². The molecule has 0 spiro atoms. The van der Waals surface area contributed by atoms with Crippen molar-refractivity contribution in [1.29, 1.82) is 0 Å². The number of nitrogens with zero attached hydrogens (tertiary/aromatic N) is 6. The highest BCUT2D eigenvalue weighted by Gasteiger charge is 2.41. The molecule has 0 saturated carbocycles. The Morgan fingerprint density at radius 2 is 1.60 bits per heavy atom. The van der Waals surface area contributed by atoms with Crippen LogP contribution in [0.25, 0.3) is 5.82 Å². The molecule has 4 heterocycles. The van der Waals surface area contributed by atoms with E-state index in [4.69, 9.17) is 15.1 Å². The van der Waals surface area contributed by atoms with Crippen LogP contribution in [0, 0.1) is 13.8 Å². The first-order chi connectivity index (χ1) is 20.3. The van der Waals surface area contributed by atoms with Gasteiger partial charge in [-0.15, -0.1) is 0 Å². The largest absolute Gasteiger partial charge is 0.337 e. The van der Waals surface area contributed by atoms with Crippen LogP contribution in [0.4, 0.5) is 22.9 Å². The Bertz CT molecular complexity index is 1860. The van der Waals surface area contributed by atoms with Crippen LogP contribution in [0.15, 0.2) is 107 Å². The maximum Gasteiger partial charge on any atom is 0.179 e. The number of amidine groups is 2. The maximum atomic E-state index is 5.31. The summed E-state index contributed by atoms with van der Waals surface area (Å²) in [5, 5.41) is 8.58. The third-order valence-electron chi connectivity index (χ3n) is 7.88. The van der Waals surface area contributed by atoms with Gasteiger partial charge in [0.15, 0.2) is 23.3 Å². The summed E-state index contributed by atoms with van der Waals surface area (Å²) in [6.45, 7) is 10.9. The summed E-state index contributed by atoms with van der Waals surface area (Å²) in [6.07, 6.45) is 1.78. The van der Waals surface area contributed by atoms with Gasteiger partial charge in [0.25, 0.3) is 0 Å². The maximum absolute atomic E-state index is 5.31. The third kappa shape index (κ3) is 4.38. The topological polar surface area (TPSA) is 70.7 Å². The molecule has 0 fully saturated rings. The van der Waals surface area contributed by atoms with Gasteiger partial charge in [-0.25, -0.2) is 15.0 Å². The fourth-order valence-corrected chi connectivity index (χ4v) is 5.78. The number of hydrogen-bond acceptors (Lipinski definition) is 6. The van der Waals surface area contributed by atoms with E-state index in [0.29, 0.717) is 5.84 Å². The van der Waals surface area contributed by atoms with Crippen molar-refractivity contribution in [2.75, 3.05) is 10.2 Å². The Hall–Kier alpha value is -5.04. The Balaban J connectivity index is 1.48. The number of aromatic nitrogens is 3. The van der Waals surface area contributed by atoms with Crippen molar-refractivity contribution in [2.45, 2.75) is 46.1 Å². The minimum atomic E-state index is -0.176. The third-order valence-corrected chi connectivity index (χ3v) is 7.88. The molecule has 0 amide bonds. The normalized spacial score (nSPS) is 15.7. The van der Waals surface area contributed by atoms with Crippen molar-refractivity contribution in [2.24, 2.45) is 9.98 Å². The lowest BCUT2D eigenvalue weighted by atomic mass is 9.85. The lowest BCUT2D eigenvalue weighted by Crippen LogP contribution is -2.46. The quantitative estimate of drug-likeness (QED) is 0.247. The molecule has 2 aliphatic rings. The summed E-state index contributed by atoms with van der Waals surface area (Å²) in [5.74, 6) is 2.92.